The van der Waals surface area contributed by atoms with Gasteiger partial charge < -0.3 is 15.0 Å². The molecule has 1 aromatic rings. The normalized spacial score (nSPS) is 16.7. The first-order chi connectivity index (χ1) is 9.22. The third-order valence-corrected chi connectivity index (χ3v) is 3.16. The number of methoxy groups -OCH3 is 1. The number of amides is 1. The summed E-state index contributed by atoms with van der Waals surface area (Å²) in [4.78, 5) is 25.2. The Kier molecular flexibility index (Phi) is 4.52. The van der Waals surface area contributed by atoms with Crippen LogP contribution >= 0.6 is 0 Å². The van der Waals surface area contributed by atoms with E-state index in [-0.39, 0.29) is 11.9 Å². The maximum Gasteiger partial charge on any atom is 0.337 e. The standard InChI is InChI=1S/C14H18N2O3/c1-19-14(18)11-4-6-12(7-5-11)16-10-9-15-8-2-3-13(16)17/h4-7,15H,2-3,8-10H2,1H3. The maximum atomic E-state index is 12.0. The van der Waals surface area contributed by atoms with E-state index in [1.807, 2.05) is 0 Å². The second-order valence-electron chi connectivity index (χ2n) is 4.44. The van der Waals surface area contributed by atoms with Gasteiger partial charge in [-0.2, -0.15) is 0 Å². The molecule has 1 fully saturated rings. The summed E-state index contributed by atoms with van der Waals surface area (Å²) in [6, 6.07) is 6.93. The lowest BCUT2D eigenvalue weighted by molar-refractivity contribution is -0.118. The van der Waals surface area contributed by atoms with Gasteiger partial charge in [0.2, 0.25) is 5.91 Å². The largest absolute Gasteiger partial charge is 0.465 e. The molecule has 0 radical (unpaired) electrons. The Balaban J connectivity index is 2.15. The molecule has 0 aliphatic carbocycles. The molecule has 2 rings (SSSR count). The Morgan fingerprint density at radius 3 is 2.68 bits per heavy atom. The van der Waals surface area contributed by atoms with Gasteiger partial charge in [-0.1, -0.05) is 0 Å². The average Bonchev–Trinajstić information content (AvgIpc) is 2.43. The van der Waals surface area contributed by atoms with Crippen molar-refractivity contribution in [1.82, 2.24) is 5.32 Å². The molecule has 1 N–H and O–H groups in total. The van der Waals surface area contributed by atoms with Crippen LogP contribution in [-0.2, 0) is 9.53 Å². The van der Waals surface area contributed by atoms with Crippen molar-refractivity contribution in [2.75, 3.05) is 31.6 Å². The van der Waals surface area contributed by atoms with Gasteiger partial charge in [-0.25, -0.2) is 4.79 Å². The molecule has 0 bridgehead atoms. The number of nitrogens with one attached hydrogen (secondary N) is 1. The number of nitrogens with zero attached hydrogens (tertiary/aromatic N) is 1. The van der Waals surface area contributed by atoms with E-state index in [0.29, 0.717) is 18.5 Å². The molecule has 1 aliphatic rings. The van der Waals surface area contributed by atoms with Crippen LogP contribution < -0.4 is 10.2 Å². The first-order valence-corrected chi connectivity index (χ1v) is 6.42. The number of benzene rings is 1. The van der Waals surface area contributed by atoms with E-state index >= 15 is 0 Å². The molecule has 102 valence electrons. The number of hydrogen-bond acceptors (Lipinski definition) is 4. The van der Waals surface area contributed by atoms with Gasteiger partial charge in [0.05, 0.1) is 12.7 Å². The van der Waals surface area contributed by atoms with Crippen molar-refractivity contribution in [1.29, 1.82) is 0 Å². The topological polar surface area (TPSA) is 58.6 Å². The van der Waals surface area contributed by atoms with Gasteiger partial charge in [-0.05, 0) is 37.2 Å². The molecule has 5 nitrogen and oxygen atoms in total. The third kappa shape index (κ3) is 3.32. The van der Waals surface area contributed by atoms with Crippen molar-refractivity contribution in [3.05, 3.63) is 29.8 Å². The quantitative estimate of drug-likeness (QED) is 0.813. The molecule has 0 aromatic heterocycles. The van der Waals surface area contributed by atoms with Crippen LogP contribution in [0.1, 0.15) is 23.2 Å². The van der Waals surface area contributed by atoms with E-state index in [1.165, 1.54) is 7.11 Å². The van der Waals surface area contributed by atoms with Gasteiger partial charge in [0, 0.05) is 25.2 Å². The van der Waals surface area contributed by atoms with Crippen molar-refractivity contribution in [2.45, 2.75) is 12.8 Å². The summed E-state index contributed by atoms with van der Waals surface area (Å²) >= 11 is 0. The van der Waals surface area contributed by atoms with Crippen LogP contribution in [0.2, 0.25) is 0 Å². The van der Waals surface area contributed by atoms with Crippen molar-refractivity contribution in [3.63, 3.8) is 0 Å². The van der Waals surface area contributed by atoms with E-state index in [4.69, 9.17) is 0 Å². The van der Waals surface area contributed by atoms with Gasteiger partial charge in [0.1, 0.15) is 0 Å². The molecule has 1 aliphatic heterocycles. The number of rotatable bonds is 2. The highest BCUT2D eigenvalue weighted by atomic mass is 16.5. The van der Waals surface area contributed by atoms with E-state index in [9.17, 15) is 9.59 Å². The second kappa shape index (κ2) is 6.33. The second-order valence-corrected chi connectivity index (χ2v) is 4.44. The Labute approximate surface area is 112 Å². The Morgan fingerprint density at radius 1 is 1.26 bits per heavy atom. The summed E-state index contributed by atoms with van der Waals surface area (Å²) in [6.45, 7) is 2.32. The van der Waals surface area contributed by atoms with E-state index < -0.39 is 0 Å². The number of carbonyl (C=O) groups excluding carboxylic acids is 2. The zero-order valence-corrected chi connectivity index (χ0v) is 11.0. The highest BCUT2D eigenvalue weighted by molar-refractivity contribution is 5.94. The Bertz CT molecular complexity index is 456. The maximum absolute atomic E-state index is 12.0. The number of anilines is 1. The third-order valence-electron chi connectivity index (χ3n) is 3.16. The molecule has 0 saturated carbocycles. The summed E-state index contributed by atoms with van der Waals surface area (Å²) in [5.74, 6) is -0.237. The fourth-order valence-corrected chi connectivity index (χ4v) is 2.11. The van der Waals surface area contributed by atoms with Crippen LogP contribution in [0.5, 0.6) is 0 Å². The number of hydrogen-bond donors (Lipinski definition) is 1. The summed E-state index contributed by atoms with van der Waals surface area (Å²) < 4.78 is 4.65. The lowest BCUT2D eigenvalue weighted by Crippen LogP contribution is -2.39. The summed E-state index contributed by atoms with van der Waals surface area (Å²) in [5.41, 5.74) is 1.31. The molecule has 19 heavy (non-hydrogen) atoms. The van der Waals surface area contributed by atoms with Crippen LogP contribution in [0.3, 0.4) is 0 Å². The van der Waals surface area contributed by atoms with Crippen LogP contribution in [0.25, 0.3) is 0 Å². The Morgan fingerprint density at radius 2 is 2.00 bits per heavy atom. The highest BCUT2D eigenvalue weighted by Gasteiger charge is 2.17. The minimum Gasteiger partial charge on any atom is -0.465 e. The van der Waals surface area contributed by atoms with Crippen LogP contribution in [0.15, 0.2) is 24.3 Å². The molecule has 0 unspecified atom stereocenters. The van der Waals surface area contributed by atoms with Crippen LogP contribution in [0.4, 0.5) is 5.69 Å². The predicted octanol–water partition coefficient (Wildman–Crippen LogP) is 1.19. The van der Waals surface area contributed by atoms with Gasteiger partial charge in [0.15, 0.2) is 0 Å². The molecular formula is C14H18N2O3. The molecule has 1 saturated heterocycles. The predicted molar refractivity (Wildman–Crippen MR) is 72.2 cm³/mol. The fraction of sp³-hybridized carbons (Fsp3) is 0.429. The fourth-order valence-electron chi connectivity index (χ4n) is 2.11. The molecule has 1 amide bonds. The number of carbonyl (C=O) groups is 2. The number of esters is 1. The monoisotopic (exact) mass is 262 g/mol. The molecule has 5 heteroatoms. The molecular weight excluding hydrogens is 244 g/mol. The van der Waals surface area contributed by atoms with Crippen molar-refractivity contribution in [3.8, 4) is 0 Å². The van der Waals surface area contributed by atoms with Gasteiger partial charge in [-0.15, -0.1) is 0 Å². The van der Waals surface area contributed by atoms with Crippen molar-refractivity contribution in [2.24, 2.45) is 0 Å². The first kappa shape index (κ1) is 13.5. The average molecular weight is 262 g/mol. The van der Waals surface area contributed by atoms with Gasteiger partial charge in [-0.3, -0.25) is 4.79 Å². The summed E-state index contributed by atoms with van der Waals surface area (Å²) in [6.07, 6.45) is 1.40. The number of ether oxygens (including phenoxy) is 1. The molecule has 0 spiro atoms. The molecule has 1 heterocycles. The lowest BCUT2D eigenvalue weighted by atomic mass is 10.1. The first-order valence-electron chi connectivity index (χ1n) is 6.42. The SMILES string of the molecule is COC(=O)c1ccc(N2CCNCCCC2=O)cc1. The molecule has 0 atom stereocenters. The highest BCUT2D eigenvalue weighted by Crippen LogP contribution is 2.17. The smallest absolute Gasteiger partial charge is 0.337 e. The van der Waals surface area contributed by atoms with Crippen molar-refractivity contribution >= 4 is 17.6 Å². The van der Waals surface area contributed by atoms with E-state index in [2.05, 4.69) is 10.1 Å². The molecule has 1 aromatic carbocycles. The van der Waals surface area contributed by atoms with Crippen molar-refractivity contribution < 1.29 is 14.3 Å². The van der Waals surface area contributed by atoms with Gasteiger partial charge in [0.25, 0.3) is 0 Å². The zero-order valence-electron chi connectivity index (χ0n) is 11.0. The van der Waals surface area contributed by atoms with E-state index in [1.54, 1.807) is 29.2 Å². The van der Waals surface area contributed by atoms with Crippen LogP contribution in [-0.4, -0.2) is 38.6 Å². The van der Waals surface area contributed by atoms with Gasteiger partial charge >= 0.3 is 5.97 Å². The minimum absolute atomic E-state index is 0.132. The van der Waals surface area contributed by atoms with Crippen LogP contribution in [0, 0.1) is 0 Å². The zero-order chi connectivity index (χ0) is 13.7. The summed E-state index contributed by atoms with van der Waals surface area (Å²) in [5, 5.41) is 3.28. The Hall–Kier alpha value is -1.88. The summed E-state index contributed by atoms with van der Waals surface area (Å²) in [7, 11) is 1.35. The van der Waals surface area contributed by atoms with E-state index in [0.717, 1.165) is 25.2 Å². The lowest BCUT2D eigenvalue weighted by Gasteiger charge is -2.25. The minimum atomic E-state index is -0.368.